The standard InChI is InChI=1S/C12H21N3O3S/c1-9-11(12(18-3)15(2)14-9)7-13-6-10-4-5-19(16,17)8-10/h10,13H,4-8H2,1-3H3/t10-/m1/s1. The van der Waals surface area contributed by atoms with Gasteiger partial charge in [-0.25, -0.2) is 13.1 Å². The highest BCUT2D eigenvalue weighted by Crippen LogP contribution is 2.21. The number of rotatable bonds is 5. The summed E-state index contributed by atoms with van der Waals surface area (Å²) < 4.78 is 29.8. The minimum atomic E-state index is -2.79. The number of hydrogen-bond acceptors (Lipinski definition) is 5. The first-order chi connectivity index (χ1) is 8.93. The average Bonchev–Trinajstić information content (AvgIpc) is 2.80. The van der Waals surface area contributed by atoms with Crippen LogP contribution in [0.2, 0.25) is 0 Å². The summed E-state index contributed by atoms with van der Waals surface area (Å²) in [5.41, 5.74) is 1.97. The smallest absolute Gasteiger partial charge is 0.216 e. The zero-order valence-corrected chi connectivity index (χ0v) is 12.5. The van der Waals surface area contributed by atoms with Crippen molar-refractivity contribution in [2.24, 2.45) is 13.0 Å². The van der Waals surface area contributed by atoms with Crippen LogP contribution in [0, 0.1) is 12.8 Å². The molecule has 0 aromatic carbocycles. The number of nitrogens with zero attached hydrogens (tertiary/aromatic N) is 2. The molecule has 0 unspecified atom stereocenters. The molecule has 0 bridgehead atoms. The van der Waals surface area contributed by atoms with Gasteiger partial charge in [-0.15, -0.1) is 0 Å². The van der Waals surface area contributed by atoms with Crippen molar-refractivity contribution in [1.29, 1.82) is 0 Å². The van der Waals surface area contributed by atoms with Gasteiger partial charge in [0.25, 0.3) is 0 Å². The van der Waals surface area contributed by atoms with Crippen molar-refractivity contribution in [1.82, 2.24) is 15.1 Å². The SMILES string of the molecule is COc1c(CNC[C@H]2CCS(=O)(=O)C2)c(C)nn1C. The molecule has 1 aromatic rings. The number of aryl methyl sites for hydroxylation is 2. The van der Waals surface area contributed by atoms with Crippen LogP contribution >= 0.6 is 0 Å². The Labute approximate surface area is 114 Å². The van der Waals surface area contributed by atoms with E-state index in [9.17, 15) is 8.42 Å². The molecule has 7 heteroatoms. The van der Waals surface area contributed by atoms with Gasteiger partial charge in [-0.3, -0.25) is 0 Å². The van der Waals surface area contributed by atoms with E-state index < -0.39 is 9.84 Å². The van der Waals surface area contributed by atoms with Crippen LogP contribution in [0.3, 0.4) is 0 Å². The van der Waals surface area contributed by atoms with Crippen molar-refractivity contribution >= 4 is 9.84 Å². The van der Waals surface area contributed by atoms with E-state index in [0.717, 1.165) is 30.1 Å². The fourth-order valence-electron chi connectivity index (χ4n) is 2.57. The maximum Gasteiger partial charge on any atom is 0.216 e. The zero-order valence-electron chi connectivity index (χ0n) is 11.6. The Hall–Kier alpha value is -1.08. The zero-order chi connectivity index (χ0) is 14.0. The predicted molar refractivity (Wildman–Crippen MR) is 73.0 cm³/mol. The molecule has 1 aliphatic heterocycles. The highest BCUT2D eigenvalue weighted by molar-refractivity contribution is 7.91. The molecule has 2 heterocycles. The lowest BCUT2D eigenvalue weighted by molar-refractivity contribution is 0.367. The fourth-order valence-corrected chi connectivity index (χ4v) is 4.44. The number of ether oxygens (including phenoxy) is 1. The molecule has 1 fully saturated rings. The summed E-state index contributed by atoms with van der Waals surface area (Å²) in [4.78, 5) is 0. The van der Waals surface area contributed by atoms with Crippen LogP contribution in [0.1, 0.15) is 17.7 Å². The topological polar surface area (TPSA) is 73.2 Å². The molecule has 1 aliphatic rings. The molecule has 0 aliphatic carbocycles. The molecule has 1 saturated heterocycles. The summed E-state index contributed by atoms with van der Waals surface area (Å²) in [5, 5.41) is 7.62. The van der Waals surface area contributed by atoms with Gasteiger partial charge in [0.2, 0.25) is 5.88 Å². The molecular formula is C12H21N3O3S. The molecule has 0 radical (unpaired) electrons. The molecule has 6 nitrogen and oxygen atoms in total. The molecule has 1 N–H and O–H groups in total. The Kier molecular flexibility index (Phi) is 4.15. The van der Waals surface area contributed by atoms with Crippen LogP contribution in [-0.2, 0) is 23.4 Å². The molecular weight excluding hydrogens is 266 g/mol. The van der Waals surface area contributed by atoms with Crippen LogP contribution in [-0.4, -0.2) is 43.4 Å². The lowest BCUT2D eigenvalue weighted by Crippen LogP contribution is -2.23. The van der Waals surface area contributed by atoms with Crippen LogP contribution < -0.4 is 10.1 Å². The fraction of sp³-hybridized carbons (Fsp3) is 0.750. The van der Waals surface area contributed by atoms with Crippen LogP contribution in [0.4, 0.5) is 0 Å². The average molecular weight is 287 g/mol. The second-order valence-electron chi connectivity index (χ2n) is 5.10. The molecule has 0 amide bonds. The summed E-state index contributed by atoms with van der Waals surface area (Å²) in [6, 6.07) is 0. The number of nitrogens with one attached hydrogen (secondary N) is 1. The highest BCUT2D eigenvalue weighted by atomic mass is 32.2. The van der Waals surface area contributed by atoms with Gasteiger partial charge in [0, 0.05) is 13.6 Å². The summed E-state index contributed by atoms with van der Waals surface area (Å²) >= 11 is 0. The van der Waals surface area contributed by atoms with Crippen molar-refractivity contribution in [3.63, 3.8) is 0 Å². The van der Waals surface area contributed by atoms with Crippen molar-refractivity contribution in [3.05, 3.63) is 11.3 Å². The van der Waals surface area contributed by atoms with E-state index >= 15 is 0 Å². The molecule has 2 rings (SSSR count). The second-order valence-corrected chi connectivity index (χ2v) is 7.33. The summed E-state index contributed by atoms with van der Waals surface area (Å²) in [7, 11) is 0.686. The summed E-state index contributed by atoms with van der Waals surface area (Å²) in [6.45, 7) is 3.32. The lowest BCUT2D eigenvalue weighted by atomic mass is 10.1. The molecule has 19 heavy (non-hydrogen) atoms. The first kappa shape index (κ1) is 14.3. The van der Waals surface area contributed by atoms with Gasteiger partial charge in [-0.2, -0.15) is 5.10 Å². The lowest BCUT2D eigenvalue weighted by Gasteiger charge is -2.10. The van der Waals surface area contributed by atoms with Gasteiger partial charge in [-0.1, -0.05) is 0 Å². The quantitative estimate of drug-likeness (QED) is 0.841. The normalized spacial score (nSPS) is 21.7. The van der Waals surface area contributed by atoms with Crippen molar-refractivity contribution in [2.45, 2.75) is 19.9 Å². The van der Waals surface area contributed by atoms with E-state index in [0.29, 0.717) is 18.1 Å². The van der Waals surface area contributed by atoms with Gasteiger partial charge < -0.3 is 10.1 Å². The van der Waals surface area contributed by atoms with E-state index in [1.165, 1.54) is 0 Å². The van der Waals surface area contributed by atoms with E-state index in [4.69, 9.17) is 4.74 Å². The Morgan fingerprint density at radius 2 is 2.26 bits per heavy atom. The predicted octanol–water partition coefficient (Wildman–Crippen LogP) is 0.261. The molecule has 108 valence electrons. The monoisotopic (exact) mass is 287 g/mol. The minimum absolute atomic E-state index is 0.230. The minimum Gasteiger partial charge on any atom is -0.481 e. The number of aromatic nitrogens is 2. The van der Waals surface area contributed by atoms with Gasteiger partial charge in [-0.05, 0) is 25.8 Å². The van der Waals surface area contributed by atoms with Gasteiger partial charge in [0.05, 0.1) is 29.9 Å². The van der Waals surface area contributed by atoms with Crippen molar-refractivity contribution in [2.75, 3.05) is 25.2 Å². The van der Waals surface area contributed by atoms with Crippen LogP contribution in [0.15, 0.2) is 0 Å². The first-order valence-corrected chi connectivity index (χ1v) is 8.22. The number of methoxy groups -OCH3 is 1. The number of hydrogen-bond donors (Lipinski definition) is 1. The van der Waals surface area contributed by atoms with E-state index in [2.05, 4.69) is 10.4 Å². The van der Waals surface area contributed by atoms with Crippen LogP contribution in [0.5, 0.6) is 5.88 Å². The largest absolute Gasteiger partial charge is 0.481 e. The van der Waals surface area contributed by atoms with E-state index in [1.54, 1.807) is 11.8 Å². The van der Waals surface area contributed by atoms with Crippen molar-refractivity contribution < 1.29 is 13.2 Å². The third kappa shape index (κ3) is 3.27. The first-order valence-electron chi connectivity index (χ1n) is 6.40. The van der Waals surface area contributed by atoms with Gasteiger partial charge in [0.1, 0.15) is 0 Å². The highest BCUT2D eigenvalue weighted by Gasteiger charge is 2.27. The third-order valence-corrected chi connectivity index (χ3v) is 5.38. The summed E-state index contributed by atoms with van der Waals surface area (Å²) in [5.74, 6) is 1.62. The molecule has 1 atom stereocenters. The van der Waals surface area contributed by atoms with E-state index in [-0.39, 0.29) is 5.92 Å². The summed E-state index contributed by atoms with van der Waals surface area (Å²) in [6.07, 6.45) is 0.762. The maximum atomic E-state index is 11.4. The Morgan fingerprint density at radius 1 is 1.53 bits per heavy atom. The van der Waals surface area contributed by atoms with Gasteiger partial charge in [0.15, 0.2) is 9.84 Å². The Balaban J connectivity index is 1.90. The Bertz CT molecular complexity index is 551. The molecule has 0 spiro atoms. The second kappa shape index (κ2) is 5.50. The van der Waals surface area contributed by atoms with Crippen molar-refractivity contribution in [3.8, 4) is 5.88 Å². The third-order valence-electron chi connectivity index (χ3n) is 3.54. The molecule has 1 aromatic heterocycles. The van der Waals surface area contributed by atoms with Gasteiger partial charge >= 0.3 is 0 Å². The number of sulfone groups is 1. The van der Waals surface area contributed by atoms with E-state index in [1.807, 2.05) is 14.0 Å². The molecule has 0 saturated carbocycles. The Morgan fingerprint density at radius 3 is 2.84 bits per heavy atom. The maximum absolute atomic E-state index is 11.4. The van der Waals surface area contributed by atoms with Crippen LogP contribution in [0.25, 0.3) is 0 Å².